The van der Waals surface area contributed by atoms with Crippen LogP contribution in [0.4, 0.5) is 18.9 Å². The van der Waals surface area contributed by atoms with Gasteiger partial charge >= 0.3 is 6.18 Å². The molecule has 0 aliphatic rings. The molecule has 0 aliphatic carbocycles. The maximum absolute atomic E-state index is 12.8. The third-order valence-electron chi connectivity index (χ3n) is 3.69. The molecule has 0 radical (unpaired) electrons. The van der Waals surface area contributed by atoms with Crippen LogP contribution in [0.1, 0.15) is 18.1 Å². The summed E-state index contributed by atoms with van der Waals surface area (Å²) in [6.07, 6.45) is -3.39. The molecule has 27 heavy (non-hydrogen) atoms. The molecule has 0 spiro atoms. The Balaban J connectivity index is 2.21. The predicted octanol–water partition coefficient (Wildman–Crippen LogP) is 4.27. The van der Waals surface area contributed by atoms with Crippen molar-refractivity contribution < 1.29 is 27.5 Å². The van der Waals surface area contributed by atoms with Gasteiger partial charge in [0.15, 0.2) is 0 Å². The number of anilines is 1. The highest BCUT2D eigenvalue weighted by atomic mass is 19.4. The van der Waals surface area contributed by atoms with Crippen molar-refractivity contribution in [3.8, 4) is 5.75 Å². The van der Waals surface area contributed by atoms with Gasteiger partial charge in [-0.3, -0.25) is 4.79 Å². The van der Waals surface area contributed by atoms with E-state index in [9.17, 15) is 18.0 Å². The lowest BCUT2D eigenvalue weighted by Gasteiger charge is -2.22. The van der Waals surface area contributed by atoms with Crippen LogP contribution in [0.15, 0.2) is 53.7 Å². The standard InChI is InChI=1S/C19H19F3N2O3/c1-3-24(18(25)12-23-26-2)17-10-5-4-7-14(17)13-27-16-9-6-8-15(11-16)19(20,21)22/h4-12H,3,13H2,1-2H3. The number of alkyl halides is 3. The van der Waals surface area contributed by atoms with Crippen LogP contribution >= 0.6 is 0 Å². The van der Waals surface area contributed by atoms with Crippen molar-refractivity contribution >= 4 is 17.8 Å². The van der Waals surface area contributed by atoms with Gasteiger partial charge in [-0.25, -0.2) is 0 Å². The molecule has 0 aliphatic heterocycles. The van der Waals surface area contributed by atoms with Gasteiger partial charge in [-0.15, -0.1) is 0 Å². The topological polar surface area (TPSA) is 51.1 Å². The number of oxime groups is 1. The molecule has 0 saturated carbocycles. The third kappa shape index (κ3) is 5.47. The average Bonchev–Trinajstić information content (AvgIpc) is 2.65. The molecular formula is C19H19F3N2O3. The average molecular weight is 380 g/mol. The van der Waals surface area contributed by atoms with E-state index in [0.29, 0.717) is 17.8 Å². The molecule has 2 aromatic carbocycles. The Hall–Kier alpha value is -3.03. The largest absolute Gasteiger partial charge is 0.489 e. The normalized spacial score (nSPS) is 11.4. The number of amides is 1. The zero-order valence-electron chi connectivity index (χ0n) is 14.9. The highest BCUT2D eigenvalue weighted by molar-refractivity contribution is 6.32. The summed E-state index contributed by atoms with van der Waals surface area (Å²) in [5.41, 5.74) is 0.449. The quantitative estimate of drug-likeness (QED) is 0.532. The fraction of sp³-hybridized carbons (Fsp3) is 0.263. The predicted molar refractivity (Wildman–Crippen MR) is 95.7 cm³/mol. The van der Waals surface area contributed by atoms with Crippen molar-refractivity contribution in [2.24, 2.45) is 5.16 Å². The molecule has 0 fully saturated rings. The molecule has 0 bridgehead atoms. The van der Waals surface area contributed by atoms with E-state index in [1.165, 1.54) is 24.1 Å². The van der Waals surface area contributed by atoms with Gasteiger partial charge in [0.25, 0.3) is 5.91 Å². The Morgan fingerprint density at radius 2 is 1.93 bits per heavy atom. The summed E-state index contributed by atoms with van der Waals surface area (Å²) >= 11 is 0. The van der Waals surface area contributed by atoms with Crippen LogP contribution in [0, 0.1) is 0 Å². The van der Waals surface area contributed by atoms with Crippen LogP contribution in [0.5, 0.6) is 5.75 Å². The number of halogens is 3. The zero-order chi connectivity index (χ0) is 19.9. The zero-order valence-corrected chi connectivity index (χ0v) is 14.9. The molecule has 8 heteroatoms. The van der Waals surface area contributed by atoms with Crippen molar-refractivity contribution in [3.05, 3.63) is 59.7 Å². The van der Waals surface area contributed by atoms with E-state index in [1.54, 1.807) is 31.2 Å². The summed E-state index contributed by atoms with van der Waals surface area (Å²) in [5, 5.41) is 3.47. The second kappa shape index (κ2) is 9.07. The van der Waals surface area contributed by atoms with Gasteiger partial charge in [-0.2, -0.15) is 13.2 Å². The van der Waals surface area contributed by atoms with Gasteiger partial charge in [0.1, 0.15) is 25.7 Å². The molecule has 0 aromatic heterocycles. The molecule has 144 valence electrons. The molecule has 0 heterocycles. The lowest BCUT2D eigenvalue weighted by atomic mass is 10.1. The summed E-state index contributed by atoms with van der Waals surface area (Å²) in [6.45, 7) is 2.17. The fourth-order valence-corrected chi connectivity index (χ4v) is 2.43. The number of benzene rings is 2. The fourth-order valence-electron chi connectivity index (χ4n) is 2.43. The van der Waals surface area contributed by atoms with E-state index < -0.39 is 11.7 Å². The molecule has 1 amide bonds. The van der Waals surface area contributed by atoms with E-state index in [1.807, 2.05) is 0 Å². The summed E-state index contributed by atoms with van der Waals surface area (Å²) < 4.78 is 44.0. The molecule has 0 atom stereocenters. The number of hydrogen-bond acceptors (Lipinski definition) is 4. The highest BCUT2D eigenvalue weighted by Gasteiger charge is 2.30. The van der Waals surface area contributed by atoms with Crippen molar-refractivity contribution in [2.75, 3.05) is 18.6 Å². The Kier molecular flexibility index (Phi) is 6.81. The number of hydrogen-bond donors (Lipinski definition) is 0. The van der Waals surface area contributed by atoms with E-state index in [-0.39, 0.29) is 18.3 Å². The number of nitrogens with zero attached hydrogens (tertiary/aromatic N) is 2. The van der Waals surface area contributed by atoms with E-state index >= 15 is 0 Å². The summed E-state index contributed by atoms with van der Waals surface area (Å²) in [6, 6.07) is 11.6. The van der Waals surface area contributed by atoms with E-state index in [4.69, 9.17) is 4.74 Å². The van der Waals surface area contributed by atoms with Gasteiger partial charge in [-0.05, 0) is 31.2 Å². The van der Waals surface area contributed by atoms with Crippen LogP contribution in [0.3, 0.4) is 0 Å². The number of ether oxygens (including phenoxy) is 1. The highest BCUT2D eigenvalue weighted by Crippen LogP contribution is 2.31. The van der Waals surface area contributed by atoms with Crippen molar-refractivity contribution in [3.63, 3.8) is 0 Å². The molecule has 0 N–H and O–H groups in total. The lowest BCUT2D eigenvalue weighted by Crippen LogP contribution is -2.32. The number of para-hydroxylation sites is 1. The maximum Gasteiger partial charge on any atom is 0.416 e. The van der Waals surface area contributed by atoms with E-state index in [2.05, 4.69) is 9.99 Å². The molecule has 0 saturated heterocycles. The Labute approximate surface area is 155 Å². The molecule has 5 nitrogen and oxygen atoms in total. The van der Waals surface area contributed by atoms with Crippen LogP contribution in [0.2, 0.25) is 0 Å². The van der Waals surface area contributed by atoms with E-state index in [0.717, 1.165) is 18.3 Å². The lowest BCUT2D eigenvalue weighted by molar-refractivity contribution is -0.137. The first-order valence-electron chi connectivity index (χ1n) is 8.12. The number of rotatable bonds is 7. The van der Waals surface area contributed by atoms with Crippen LogP contribution < -0.4 is 9.64 Å². The maximum atomic E-state index is 12.8. The Morgan fingerprint density at radius 3 is 2.59 bits per heavy atom. The number of carbonyl (C=O) groups is 1. The summed E-state index contributed by atoms with van der Waals surface area (Å²) in [7, 11) is 1.33. The van der Waals surface area contributed by atoms with Gasteiger partial charge in [0, 0.05) is 12.1 Å². The first-order chi connectivity index (χ1) is 12.9. The SMILES string of the molecule is CCN(C(=O)C=NOC)c1ccccc1COc1cccc(C(F)(F)F)c1. The minimum atomic E-state index is -4.44. The second-order valence-electron chi connectivity index (χ2n) is 5.44. The molecule has 2 aromatic rings. The monoisotopic (exact) mass is 380 g/mol. The van der Waals surface area contributed by atoms with Crippen molar-refractivity contribution in [2.45, 2.75) is 19.7 Å². The van der Waals surface area contributed by atoms with Gasteiger partial charge in [0.05, 0.1) is 11.3 Å². The Bertz CT molecular complexity index is 807. The molecule has 0 unspecified atom stereocenters. The van der Waals surface area contributed by atoms with Crippen molar-refractivity contribution in [1.82, 2.24) is 0 Å². The third-order valence-corrected chi connectivity index (χ3v) is 3.69. The first kappa shape index (κ1) is 20.3. The Morgan fingerprint density at radius 1 is 1.19 bits per heavy atom. The number of carbonyl (C=O) groups excluding carboxylic acids is 1. The van der Waals surface area contributed by atoms with Crippen LogP contribution in [0.25, 0.3) is 0 Å². The van der Waals surface area contributed by atoms with Gasteiger partial charge in [0.2, 0.25) is 0 Å². The molecular weight excluding hydrogens is 361 g/mol. The first-order valence-corrected chi connectivity index (χ1v) is 8.12. The van der Waals surface area contributed by atoms with Gasteiger partial charge < -0.3 is 14.5 Å². The van der Waals surface area contributed by atoms with Crippen molar-refractivity contribution in [1.29, 1.82) is 0 Å². The minimum absolute atomic E-state index is 0.00266. The molecule has 2 rings (SSSR count). The van der Waals surface area contributed by atoms with Crippen LogP contribution in [-0.2, 0) is 22.4 Å². The van der Waals surface area contributed by atoms with Crippen LogP contribution in [-0.4, -0.2) is 25.8 Å². The summed E-state index contributed by atoms with van der Waals surface area (Å²) in [4.78, 5) is 18.2. The minimum Gasteiger partial charge on any atom is -0.489 e. The second-order valence-corrected chi connectivity index (χ2v) is 5.44. The van der Waals surface area contributed by atoms with Gasteiger partial charge in [-0.1, -0.05) is 29.4 Å². The smallest absolute Gasteiger partial charge is 0.416 e. The summed E-state index contributed by atoms with van der Waals surface area (Å²) in [5.74, 6) is -0.291.